The summed E-state index contributed by atoms with van der Waals surface area (Å²) in [4.78, 5) is 11.2. The zero-order valence-electron chi connectivity index (χ0n) is 8.73. The molecule has 0 saturated heterocycles. The van der Waals surface area contributed by atoms with Gasteiger partial charge in [-0.1, -0.05) is 12.1 Å². The number of hydrogen-bond donors (Lipinski definition) is 2. The number of hydrazone groups is 1. The number of benzene rings is 1. The van der Waals surface area contributed by atoms with Gasteiger partial charge in [0.05, 0.1) is 24.6 Å². The minimum Gasteiger partial charge on any atom is -0.495 e. The molecule has 0 bridgehead atoms. The summed E-state index contributed by atoms with van der Waals surface area (Å²) in [5.41, 5.74) is 3.60. The normalized spacial score (nSPS) is 16.3. The van der Waals surface area contributed by atoms with Gasteiger partial charge in [0.2, 0.25) is 0 Å². The Bertz CT molecular complexity index is 466. The maximum atomic E-state index is 11.2. The van der Waals surface area contributed by atoms with E-state index in [1.54, 1.807) is 13.3 Å². The first-order valence-electron chi connectivity index (χ1n) is 4.74. The van der Waals surface area contributed by atoms with E-state index in [-0.39, 0.29) is 5.91 Å². The number of nitrogens with one attached hydrogen (secondary N) is 2. The molecule has 0 radical (unpaired) electrons. The van der Waals surface area contributed by atoms with Crippen molar-refractivity contribution in [1.29, 1.82) is 0 Å². The topological polar surface area (TPSA) is 62.7 Å². The predicted octanol–water partition coefficient (Wildman–Crippen LogP) is 1.11. The van der Waals surface area contributed by atoms with Crippen LogP contribution >= 0.6 is 0 Å². The van der Waals surface area contributed by atoms with Gasteiger partial charge in [-0.2, -0.15) is 5.10 Å². The number of hydrogen-bond acceptors (Lipinski definition) is 4. The van der Waals surface area contributed by atoms with Gasteiger partial charge in [0.25, 0.3) is 5.91 Å². The van der Waals surface area contributed by atoms with Crippen LogP contribution in [0, 0.1) is 0 Å². The van der Waals surface area contributed by atoms with E-state index in [9.17, 15) is 4.79 Å². The lowest BCUT2D eigenvalue weighted by atomic mass is 10.2. The second-order valence-corrected chi connectivity index (χ2v) is 3.14. The first kappa shape index (κ1) is 10.2. The summed E-state index contributed by atoms with van der Waals surface area (Å²) in [5.74, 6) is 0.497. The van der Waals surface area contributed by atoms with E-state index in [1.807, 2.05) is 24.3 Å². The Balaban J connectivity index is 2.15. The summed E-state index contributed by atoms with van der Waals surface area (Å²) in [6.07, 6.45) is 3.05. The van der Waals surface area contributed by atoms with Crippen molar-refractivity contribution in [3.05, 3.63) is 36.0 Å². The molecule has 0 aromatic heterocycles. The molecule has 1 aromatic rings. The summed E-state index contributed by atoms with van der Waals surface area (Å²) in [7, 11) is 1.59. The average molecular weight is 217 g/mol. The van der Waals surface area contributed by atoms with Crippen LogP contribution in [0.2, 0.25) is 0 Å². The minimum absolute atomic E-state index is 0.220. The molecule has 0 saturated carbocycles. The molecule has 2 rings (SSSR count). The zero-order valence-corrected chi connectivity index (χ0v) is 8.73. The van der Waals surface area contributed by atoms with Crippen molar-refractivity contribution >= 4 is 17.8 Å². The van der Waals surface area contributed by atoms with Crippen molar-refractivity contribution in [3.63, 3.8) is 0 Å². The van der Waals surface area contributed by atoms with Gasteiger partial charge in [-0.05, 0) is 12.1 Å². The highest BCUT2D eigenvalue weighted by Crippen LogP contribution is 2.23. The van der Waals surface area contributed by atoms with Crippen LogP contribution in [-0.2, 0) is 4.79 Å². The molecule has 82 valence electrons. The number of carbonyl (C=O) groups is 1. The summed E-state index contributed by atoms with van der Waals surface area (Å²) in [6, 6.07) is 7.45. The van der Waals surface area contributed by atoms with Gasteiger partial charge in [-0.3, -0.25) is 4.79 Å². The number of ether oxygens (including phenoxy) is 1. The highest BCUT2D eigenvalue weighted by Gasteiger charge is 2.11. The molecule has 1 aliphatic rings. The Kier molecular flexibility index (Phi) is 2.86. The van der Waals surface area contributed by atoms with Crippen molar-refractivity contribution in [2.24, 2.45) is 5.10 Å². The molecular weight excluding hydrogens is 206 g/mol. The molecule has 1 heterocycles. The average Bonchev–Trinajstić information content (AvgIpc) is 2.72. The predicted molar refractivity (Wildman–Crippen MR) is 61.3 cm³/mol. The first-order chi connectivity index (χ1) is 7.81. The molecule has 16 heavy (non-hydrogen) atoms. The van der Waals surface area contributed by atoms with Gasteiger partial charge in [0, 0.05) is 6.20 Å². The third-order valence-electron chi connectivity index (χ3n) is 2.12. The fraction of sp³-hybridized carbons (Fsp3) is 0.0909. The molecule has 0 unspecified atom stereocenters. The van der Waals surface area contributed by atoms with Gasteiger partial charge in [-0.15, -0.1) is 0 Å². The number of rotatable bonds is 3. The molecule has 0 spiro atoms. The lowest BCUT2D eigenvalue weighted by molar-refractivity contribution is -0.116. The van der Waals surface area contributed by atoms with Gasteiger partial charge in [0.1, 0.15) is 5.75 Å². The SMILES string of the molecule is COc1ccccc1N/C=C1/C=NNC1=O. The van der Waals surface area contributed by atoms with Crippen LogP contribution in [0.3, 0.4) is 0 Å². The zero-order chi connectivity index (χ0) is 11.4. The number of para-hydroxylation sites is 2. The van der Waals surface area contributed by atoms with Gasteiger partial charge < -0.3 is 10.1 Å². The number of carbonyl (C=O) groups excluding carboxylic acids is 1. The van der Waals surface area contributed by atoms with E-state index in [0.29, 0.717) is 5.57 Å². The largest absolute Gasteiger partial charge is 0.495 e. The summed E-state index contributed by atoms with van der Waals surface area (Å²) in [5, 5.41) is 6.63. The van der Waals surface area contributed by atoms with Crippen LogP contribution in [0.4, 0.5) is 5.69 Å². The van der Waals surface area contributed by atoms with E-state index < -0.39 is 0 Å². The van der Waals surface area contributed by atoms with E-state index in [4.69, 9.17) is 4.74 Å². The molecule has 5 heteroatoms. The quantitative estimate of drug-likeness (QED) is 0.745. The maximum absolute atomic E-state index is 11.2. The third-order valence-corrected chi connectivity index (χ3v) is 2.12. The van der Waals surface area contributed by atoms with Crippen LogP contribution in [-0.4, -0.2) is 19.2 Å². The fourth-order valence-electron chi connectivity index (χ4n) is 1.31. The Morgan fingerprint density at radius 2 is 2.25 bits per heavy atom. The van der Waals surface area contributed by atoms with Crippen molar-refractivity contribution in [2.75, 3.05) is 12.4 Å². The molecule has 0 fully saturated rings. The third kappa shape index (κ3) is 2.03. The number of nitrogens with zero attached hydrogens (tertiary/aromatic N) is 1. The highest BCUT2D eigenvalue weighted by atomic mass is 16.5. The Labute approximate surface area is 92.8 Å². The second kappa shape index (κ2) is 4.48. The lowest BCUT2D eigenvalue weighted by Crippen LogP contribution is -2.12. The maximum Gasteiger partial charge on any atom is 0.274 e. The van der Waals surface area contributed by atoms with Crippen LogP contribution in [0.25, 0.3) is 0 Å². The van der Waals surface area contributed by atoms with Crippen LogP contribution in [0.5, 0.6) is 5.75 Å². The van der Waals surface area contributed by atoms with Crippen LogP contribution in [0.1, 0.15) is 0 Å². The molecule has 0 atom stereocenters. The first-order valence-corrected chi connectivity index (χ1v) is 4.74. The highest BCUT2D eigenvalue weighted by molar-refractivity contribution is 6.15. The van der Waals surface area contributed by atoms with E-state index in [2.05, 4.69) is 15.8 Å². The summed E-state index contributed by atoms with van der Waals surface area (Å²) >= 11 is 0. The Morgan fingerprint density at radius 1 is 1.44 bits per heavy atom. The van der Waals surface area contributed by atoms with E-state index in [1.165, 1.54) is 6.21 Å². The van der Waals surface area contributed by atoms with Crippen LogP contribution < -0.4 is 15.5 Å². The van der Waals surface area contributed by atoms with Crippen molar-refractivity contribution < 1.29 is 9.53 Å². The Hall–Kier alpha value is -2.30. The number of anilines is 1. The monoisotopic (exact) mass is 217 g/mol. The molecule has 1 amide bonds. The second-order valence-electron chi connectivity index (χ2n) is 3.14. The smallest absolute Gasteiger partial charge is 0.274 e. The van der Waals surface area contributed by atoms with Crippen molar-refractivity contribution in [2.45, 2.75) is 0 Å². The molecule has 0 aliphatic carbocycles. The molecule has 2 N–H and O–H groups in total. The standard InChI is InChI=1S/C11H11N3O2/c1-16-10-5-3-2-4-9(10)12-6-8-7-13-14-11(8)15/h2-7,12H,1H3,(H,14,15)/b8-6-. The van der Waals surface area contributed by atoms with Gasteiger partial charge >= 0.3 is 0 Å². The minimum atomic E-state index is -0.220. The van der Waals surface area contributed by atoms with Crippen molar-refractivity contribution in [3.8, 4) is 5.75 Å². The fourth-order valence-corrected chi connectivity index (χ4v) is 1.31. The molecular formula is C11H11N3O2. The van der Waals surface area contributed by atoms with Gasteiger partial charge in [-0.25, -0.2) is 5.43 Å². The van der Waals surface area contributed by atoms with Crippen LogP contribution in [0.15, 0.2) is 41.1 Å². The molecule has 5 nitrogen and oxygen atoms in total. The van der Waals surface area contributed by atoms with Gasteiger partial charge in [0.15, 0.2) is 0 Å². The van der Waals surface area contributed by atoms with E-state index in [0.717, 1.165) is 11.4 Å². The summed E-state index contributed by atoms with van der Waals surface area (Å²) < 4.78 is 5.16. The lowest BCUT2D eigenvalue weighted by Gasteiger charge is -2.07. The van der Waals surface area contributed by atoms with E-state index >= 15 is 0 Å². The summed E-state index contributed by atoms with van der Waals surface area (Å²) in [6.45, 7) is 0. The number of methoxy groups -OCH3 is 1. The van der Waals surface area contributed by atoms with Crippen molar-refractivity contribution in [1.82, 2.24) is 5.43 Å². The number of amides is 1. The Morgan fingerprint density at radius 3 is 2.94 bits per heavy atom. The molecule has 1 aromatic carbocycles. The molecule has 1 aliphatic heterocycles.